The molecular weight excluding hydrogens is 244 g/mol. The monoisotopic (exact) mass is 256 g/mol. The molecule has 0 aliphatic rings. The van der Waals surface area contributed by atoms with Gasteiger partial charge in [-0.2, -0.15) is 0 Å². The molecular formula is C11H13ClN2O3. The summed E-state index contributed by atoms with van der Waals surface area (Å²) in [5, 5.41) is 11.6. The fourth-order valence-corrected chi connectivity index (χ4v) is 1.43. The number of halogens is 1. The summed E-state index contributed by atoms with van der Waals surface area (Å²) in [5.41, 5.74) is 0.461. The van der Waals surface area contributed by atoms with Crippen LogP contribution >= 0.6 is 11.6 Å². The van der Waals surface area contributed by atoms with Gasteiger partial charge in [0.2, 0.25) is 0 Å². The van der Waals surface area contributed by atoms with E-state index in [-0.39, 0.29) is 6.54 Å². The Morgan fingerprint density at radius 3 is 2.59 bits per heavy atom. The summed E-state index contributed by atoms with van der Waals surface area (Å²) in [5.74, 6) is -1.05. The molecule has 2 amide bonds. The maximum absolute atomic E-state index is 11.7. The van der Waals surface area contributed by atoms with E-state index in [9.17, 15) is 9.59 Å². The highest BCUT2D eigenvalue weighted by atomic mass is 35.5. The Bertz CT molecular complexity index is 423. The summed E-state index contributed by atoms with van der Waals surface area (Å²) < 4.78 is 0. The first kappa shape index (κ1) is 13.3. The van der Waals surface area contributed by atoms with E-state index in [0.29, 0.717) is 17.3 Å². The van der Waals surface area contributed by atoms with Crippen LogP contribution in [0.3, 0.4) is 0 Å². The molecule has 92 valence electrons. The lowest BCUT2D eigenvalue weighted by Gasteiger charge is -2.19. The van der Waals surface area contributed by atoms with Crippen molar-refractivity contribution in [2.24, 2.45) is 0 Å². The van der Waals surface area contributed by atoms with Gasteiger partial charge in [0.15, 0.2) is 0 Å². The number of rotatable bonds is 4. The molecule has 1 aromatic carbocycles. The molecule has 1 rings (SSSR count). The second kappa shape index (κ2) is 6.10. The van der Waals surface area contributed by atoms with Crippen molar-refractivity contribution in [3.8, 4) is 0 Å². The number of benzene rings is 1. The van der Waals surface area contributed by atoms with Crippen molar-refractivity contribution in [3.63, 3.8) is 0 Å². The van der Waals surface area contributed by atoms with Crippen LogP contribution < -0.4 is 5.32 Å². The van der Waals surface area contributed by atoms with Gasteiger partial charge in [-0.1, -0.05) is 23.7 Å². The van der Waals surface area contributed by atoms with Crippen molar-refractivity contribution in [1.29, 1.82) is 0 Å². The summed E-state index contributed by atoms with van der Waals surface area (Å²) in [7, 11) is 0. The van der Waals surface area contributed by atoms with Crippen LogP contribution in [0, 0.1) is 0 Å². The van der Waals surface area contributed by atoms with E-state index >= 15 is 0 Å². The summed E-state index contributed by atoms with van der Waals surface area (Å²) in [6.07, 6.45) is 0. The van der Waals surface area contributed by atoms with Gasteiger partial charge >= 0.3 is 12.0 Å². The van der Waals surface area contributed by atoms with Gasteiger partial charge in [0.05, 0.1) is 10.7 Å². The summed E-state index contributed by atoms with van der Waals surface area (Å²) in [6.45, 7) is 1.67. The Morgan fingerprint density at radius 2 is 2.06 bits per heavy atom. The van der Waals surface area contributed by atoms with E-state index < -0.39 is 12.0 Å². The highest BCUT2D eigenvalue weighted by molar-refractivity contribution is 6.33. The van der Waals surface area contributed by atoms with Crippen LogP contribution in [0.4, 0.5) is 10.5 Å². The Balaban J connectivity index is 2.71. The van der Waals surface area contributed by atoms with Crippen molar-refractivity contribution in [2.45, 2.75) is 6.92 Å². The third kappa shape index (κ3) is 3.96. The molecule has 1 aromatic rings. The van der Waals surface area contributed by atoms with Crippen LogP contribution in [0.15, 0.2) is 24.3 Å². The van der Waals surface area contributed by atoms with Gasteiger partial charge in [-0.05, 0) is 19.1 Å². The average Bonchev–Trinajstić information content (AvgIpc) is 2.28. The molecule has 6 heteroatoms. The molecule has 17 heavy (non-hydrogen) atoms. The smallest absolute Gasteiger partial charge is 0.323 e. The third-order valence-electron chi connectivity index (χ3n) is 2.11. The second-order valence-corrected chi connectivity index (χ2v) is 3.73. The van der Waals surface area contributed by atoms with E-state index in [1.54, 1.807) is 31.2 Å². The zero-order valence-electron chi connectivity index (χ0n) is 9.31. The molecule has 5 nitrogen and oxygen atoms in total. The highest BCUT2D eigenvalue weighted by Crippen LogP contribution is 2.20. The SMILES string of the molecule is CCN(CC(=O)O)C(=O)Nc1ccccc1Cl. The molecule has 0 saturated carbocycles. The number of hydrogen-bond acceptors (Lipinski definition) is 2. The molecule has 0 fully saturated rings. The van der Waals surface area contributed by atoms with Crippen LogP contribution in [-0.4, -0.2) is 35.1 Å². The molecule has 0 aliphatic carbocycles. The standard InChI is InChI=1S/C11H13ClN2O3/c1-2-14(7-10(15)16)11(17)13-9-6-4-3-5-8(9)12/h3-6H,2,7H2,1H3,(H,13,17)(H,15,16). The Hall–Kier alpha value is -1.75. The van der Waals surface area contributed by atoms with E-state index in [0.717, 1.165) is 0 Å². The average molecular weight is 257 g/mol. The van der Waals surface area contributed by atoms with Crippen molar-refractivity contribution >= 4 is 29.3 Å². The molecule has 0 unspecified atom stereocenters. The van der Waals surface area contributed by atoms with Crippen LogP contribution in [0.2, 0.25) is 5.02 Å². The molecule has 0 heterocycles. The van der Waals surface area contributed by atoms with E-state index in [1.807, 2.05) is 0 Å². The number of carbonyl (C=O) groups excluding carboxylic acids is 1. The number of hydrogen-bond donors (Lipinski definition) is 2. The van der Waals surface area contributed by atoms with Crippen molar-refractivity contribution < 1.29 is 14.7 Å². The number of carbonyl (C=O) groups is 2. The van der Waals surface area contributed by atoms with E-state index in [4.69, 9.17) is 16.7 Å². The maximum Gasteiger partial charge on any atom is 0.323 e. The number of aliphatic carboxylic acids is 1. The van der Waals surface area contributed by atoms with Gasteiger partial charge in [-0.3, -0.25) is 4.79 Å². The van der Waals surface area contributed by atoms with Gasteiger partial charge in [-0.15, -0.1) is 0 Å². The summed E-state index contributed by atoms with van der Waals surface area (Å²) in [4.78, 5) is 23.4. The number of anilines is 1. The topological polar surface area (TPSA) is 69.6 Å². The minimum absolute atomic E-state index is 0.308. The lowest BCUT2D eigenvalue weighted by atomic mass is 10.3. The lowest BCUT2D eigenvalue weighted by Crippen LogP contribution is -2.38. The van der Waals surface area contributed by atoms with Crippen molar-refractivity contribution in [2.75, 3.05) is 18.4 Å². The van der Waals surface area contributed by atoms with Gasteiger partial charge < -0.3 is 15.3 Å². The molecule has 0 atom stereocenters. The van der Waals surface area contributed by atoms with Gasteiger partial charge in [0.1, 0.15) is 6.54 Å². The number of carboxylic acid groups (broad SMARTS) is 1. The second-order valence-electron chi connectivity index (χ2n) is 3.32. The van der Waals surface area contributed by atoms with Crippen LogP contribution in [-0.2, 0) is 4.79 Å². The molecule has 2 N–H and O–H groups in total. The van der Waals surface area contributed by atoms with Crippen LogP contribution in [0.25, 0.3) is 0 Å². The molecule has 0 aliphatic heterocycles. The fraction of sp³-hybridized carbons (Fsp3) is 0.273. The summed E-state index contributed by atoms with van der Waals surface area (Å²) >= 11 is 5.87. The summed E-state index contributed by atoms with van der Waals surface area (Å²) in [6, 6.07) is 6.28. The minimum Gasteiger partial charge on any atom is -0.480 e. The van der Waals surface area contributed by atoms with Gasteiger partial charge in [-0.25, -0.2) is 4.79 Å². The molecule has 0 saturated heterocycles. The van der Waals surface area contributed by atoms with Crippen LogP contribution in [0.1, 0.15) is 6.92 Å². The molecule has 0 aromatic heterocycles. The maximum atomic E-state index is 11.7. The Labute approximate surface area is 104 Å². The first-order valence-corrected chi connectivity index (χ1v) is 5.44. The first-order valence-electron chi connectivity index (χ1n) is 5.06. The number of nitrogens with zero attached hydrogens (tertiary/aromatic N) is 1. The fourth-order valence-electron chi connectivity index (χ4n) is 1.25. The normalized spacial score (nSPS) is 9.76. The van der Waals surface area contributed by atoms with Crippen LogP contribution in [0.5, 0.6) is 0 Å². The third-order valence-corrected chi connectivity index (χ3v) is 2.44. The Kier molecular flexibility index (Phi) is 4.78. The quantitative estimate of drug-likeness (QED) is 0.868. The number of carboxylic acids is 1. The zero-order valence-corrected chi connectivity index (χ0v) is 10.1. The number of para-hydroxylation sites is 1. The van der Waals surface area contributed by atoms with Gasteiger partial charge in [0, 0.05) is 6.54 Å². The van der Waals surface area contributed by atoms with Crippen molar-refractivity contribution in [1.82, 2.24) is 4.90 Å². The van der Waals surface area contributed by atoms with Crippen molar-refractivity contribution in [3.05, 3.63) is 29.3 Å². The largest absolute Gasteiger partial charge is 0.480 e. The highest BCUT2D eigenvalue weighted by Gasteiger charge is 2.15. The minimum atomic E-state index is -1.05. The molecule has 0 spiro atoms. The lowest BCUT2D eigenvalue weighted by molar-refractivity contribution is -0.137. The number of amides is 2. The van der Waals surface area contributed by atoms with E-state index in [2.05, 4.69) is 5.32 Å². The molecule has 0 radical (unpaired) electrons. The van der Waals surface area contributed by atoms with Gasteiger partial charge in [0.25, 0.3) is 0 Å². The number of likely N-dealkylation sites (N-methyl/N-ethyl adjacent to an activating group) is 1. The molecule has 0 bridgehead atoms. The first-order chi connectivity index (χ1) is 8.04. The zero-order chi connectivity index (χ0) is 12.8. The predicted octanol–water partition coefficient (Wildman–Crippen LogP) is 2.28. The number of urea groups is 1. The van der Waals surface area contributed by atoms with E-state index in [1.165, 1.54) is 4.90 Å². The predicted molar refractivity (Wildman–Crippen MR) is 65.4 cm³/mol. The Morgan fingerprint density at radius 1 is 1.41 bits per heavy atom. The number of nitrogens with one attached hydrogen (secondary N) is 1.